The van der Waals surface area contributed by atoms with Gasteiger partial charge in [-0.1, -0.05) is 0 Å². The molecular formula is C10H10F2N2O4. The molecule has 0 aliphatic rings. The largest absolute Gasteiger partial charge is 0.480 e. The van der Waals surface area contributed by atoms with Gasteiger partial charge in [0.1, 0.15) is 6.04 Å². The third kappa shape index (κ3) is 2.36. The first-order valence-electron chi connectivity index (χ1n) is 4.85. The number of hydrogen-bond acceptors (Lipinski definition) is 4. The number of aliphatic carboxylic acids is 1. The molecule has 18 heavy (non-hydrogen) atoms. The average molecular weight is 260 g/mol. The Morgan fingerprint density at radius 3 is 2.50 bits per heavy atom. The lowest BCUT2D eigenvalue weighted by Crippen LogP contribution is -2.36. The molecule has 1 aromatic rings. The third-order valence-corrected chi connectivity index (χ3v) is 2.54. The van der Waals surface area contributed by atoms with E-state index in [1.54, 1.807) is 0 Å². The normalized spacial score (nSPS) is 12.0. The highest BCUT2D eigenvalue weighted by atomic mass is 19.2. The molecule has 0 saturated carbocycles. The fourth-order valence-corrected chi connectivity index (χ4v) is 1.37. The van der Waals surface area contributed by atoms with Crippen LogP contribution in [0.15, 0.2) is 12.1 Å². The molecule has 1 rings (SSSR count). The van der Waals surface area contributed by atoms with Crippen LogP contribution in [0.1, 0.15) is 6.92 Å². The van der Waals surface area contributed by atoms with Gasteiger partial charge in [-0.2, -0.15) is 0 Å². The number of anilines is 1. The summed E-state index contributed by atoms with van der Waals surface area (Å²) in [4.78, 5) is 21.4. The van der Waals surface area contributed by atoms with Crippen LogP contribution in [0.25, 0.3) is 0 Å². The number of carboxylic acids is 1. The zero-order valence-electron chi connectivity index (χ0n) is 9.55. The molecule has 0 aliphatic carbocycles. The molecule has 6 nitrogen and oxygen atoms in total. The SMILES string of the molecule is CC(C(=O)O)N(C)c1c([N+](=O)[O-])ccc(F)c1F. The van der Waals surface area contributed by atoms with Gasteiger partial charge in [0, 0.05) is 13.1 Å². The Morgan fingerprint density at radius 1 is 1.50 bits per heavy atom. The lowest BCUT2D eigenvalue weighted by atomic mass is 10.2. The number of benzene rings is 1. The Morgan fingerprint density at radius 2 is 2.06 bits per heavy atom. The molecule has 0 saturated heterocycles. The van der Waals surface area contributed by atoms with Crippen LogP contribution in [0.4, 0.5) is 20.2 Å². The predicted octanol–water partition coefficient (Wildman–Crippen LogP) is 1.78. The Balaban J connectivity index is 3.41. The number of rotatable bonds is 4. The van der Waals surface area contributed by atoms with Gasteiger partial charge in [0.15, 0.2) is 17.3 Å². The van der Waals surface area contributed by atoms with Crippen molar-refractivity contribution in [3.8, 4) is 0 Å². The summed E-state index contributed by atoms with van der Waals surface area (Å²) in [7, 11) is 1.14. The standard InChI is InChI=1S/C10H10F2N2O4/c1-5(10(15)16)13(2)9-7(14(17)18)4-3-6(11)8(9)12/h3-5H,1-2H3,(H,15,16). The van der Waals surface area contributed by atoms with Crippen LogP contribution in [0.5, 0.6) is 0 Å². The molecule has 0 aromatic heterocycles. The second-order valence-corrected chi connectivity index (χ2v) is 3.61. The van der Waals surface area contributed by atoms with Gasteiger partial charge in [-0.3, -0.25) is 10.1 Å². The lowest BCUT2D eigenvalue weighted by molar-refractivity contribution is -0.384. The molecule has 0 spiro atoms. The van der Waals surface area contributed by atoms with Crippen molar-refractivity contribution >= 4 is 17.3 Å². The Labute approximate surface area is 101 Å². The van der Waals surface area contributed by atoms with Crippen molar-refractivity contribution in [2.24, 2.45) is 0 Å². The molecule has 0 bridgehead atoms. The van der Waals surface area contributed by atoms with E-state index in [4.69, 9.17) is 5.11 Å². The summed E-state index contributed by atoms with van der Waals surface area (Å²) in [6.07, 6.45) is 0. The first-order valence-corrected chi connectivity index (χ1v) is 4.85. The molecule has 98 valence electrons. The lowest BCUT2D eigenvalue weighted by Gasteiger charge is -2.23. The van der Waals surface area contributed by atoms with Gasteiger partial charge in [0.25, 0.3) is 5.69 Å². The maximum Gasteiger partial charge on any atom is 0.326 e. The van der Waals surface area contributed by atoms with E-state index in [0.717, 1.165) is 18.0 Å². The quantitative estimate of drug-likeness (QED) is 0.659. The van der Waals surface area contributed by atoms with Gasteiger partial charge in [-0.15, -0.1) is 0 Å². The number of nitro benzene ring substituents is 1. The molecule has 0 radical (unpaired) electrons. The molecule has 1 atom stereocenters. The van der Waals surface area contributed by atoms with Gasteiger partial charge in [-0.25, -0.2) is 13.6 Å². The van der Waals surface area contributed by atoms with Crippen LogP contribution >= 0.6 is 0 Å². The summed E-state index contributed by atoms with van der Waals surface area (Å²) < 4.78 is 26.7. The van der Waals surface area contributed by atoms with Crippen molar-refractivity contribution in [1.29, 1.82) is 0 Å². The van der Waals surface area contributed by atoms with Crippen LogP contribution in [0.2, 0.25) is 0 Å². The van der Waals surface area contributed by atoms with Gasteiger partial charge >= 0.3 is 5.97 Å². The van der Waals surface area contributed by atoms with Gasteiger partial charge in [0.2, 0.25) is 0 Å². The third-order valence-electron chi connectivity index (χ3n) is 2.54. The van der Waals surface area contributed by atoms with Gasteiger partial charge in [0.05, 0.1) is 4.92 Å². The number of carboxylic acid groups (broad SMARTS) is 1. The maximum atomic E-state index is 13.6. The highest BCUT2D eigenvalue weighted by Gasteiger charge is 2.29. The van der Waals surface area contributed by atoms with E-state index in [9.17, 15) is 23.7 Å². The average Bonchev–Trinajstić information content (AvgIpc) is 2.30. The van der Waals surface area contributed by atoms with Gasteiger partial charge in [-0.05, 0) is 13.0 Å². The topological polar surface area (TPSA) is 83.7 Å². The van der Waals surface area contributed by atoms with E-state index < -0.39 is 39.9 Å². The summed E-state index contributed by atoms with van der Waals surface area (Å²) in [6, 6.07) is 0.176. The summed E-state index contributed by atoms with van der Waals surface area (Å²) >= 11 is 0. The van der Waals surface area contributed by atoms with E-state index in [1.807, 2.05) is 0 Å². The number of hydrogen-bond donors (Lipinski definition) is 1. The van der Waals surface area contributed by atoms with Crippen molar-refractivity contribution < 1.29 is 23.6 Å². The second-order valence-electron chi connectivity index (χ2n) is 3.61. The van der Waals surface area contributed by atoms with Crippen molar-refractivity contribution in [2.75, 3.05) is 11.9 Å². The summed E-state index contributed by atoms with van der Waals surface area (Å²) in [6.45, 7) is 1.20. The smallest absolute Gasteiger partial charge is 0.326 e. The molecule has 0 amide bonds. The summed E-state index contributed by atoms with van der Waals surface area (Å²) in [5, 5.41) is 19.5. The zero-order chi connectivity index (χ0) is 14.0. The van der Waals surface area contributed by atoms with E-state index in [-0.39, 0.29) is 0 Å². The summed E-state index contributed by atoms with van der Waals surface area (Å²) in [5.41, 5.74) is -1.38. The fraction of sp³-hybridized carbons (Fsp3) is 0.300. The molecule has 1 unspecified atom stereocenters. The molecule has 1 aromatic carbocycles. The van der Waals surface area contributed by atoms with Gasteiger partial charge < -0.3 is 10.0 Å². The first-order chi connectivity index (χ1) is 8.27. The number of halogens is 2. The first kappa shape index (κ1) is 13.8. The van der Waals surface area contributed by atoms with E-state index in [0.29, 0.717) is 6.07 Å². The van der Waals surface area contributed by atoms with Crippen molar-refractivity contribution in [3.05, 3.63) is 33.9 Å². The maximum absolute atomic E-state index is 13.6. The van der Waals surface area contributed by atoms with Crippen molar-refractivity contribution in [1.82, 2.24) is 0 Å². The Kier molecular flexibility index (Phi) is 3.79. The second kappa shape index (κ2) is 4.94. The van der Waals surface area contributed by atoms with Crippen LogP contribution in [0, 0.1) is 21.7 Å². The molecule has 0 fully saturated rings. The monoisotopic (exact) mass is 260 g/mol. The van der Waals surface area contributed by atoms with E-state index >= 15 is 0 Å². The minimum atomic E-state index is -1.44. The number of carbonyl (C=O) groups is 1. The van der Waals surface area contributed by atoms with Crippen LogP contribution in [-0.2, 0) is 4.79 Å². The predicted molar refractivity (Wildman–Crippen MR) is 58.5 cm³/mol. The Hall–Kier alpha value is -2.25. The van der Waals surface area contributed by atoms with E-state index in [2.05, 4.69) is 0 Å². The van der Waals surface area contributed by atoms with E-state index in [1.165, 1.54) is 6.92 Å². The van der Waals surface area contributed by atoms with Crippen LogP contribution < -0.4 is 4.90 Å². The number of likely N-dealkylation sites (N-methyl/N-ethyl adjacent to an activating group) is 1. The molecular weight excluding hydrogens is 250 g/mol. The fourth-order valence-electron chi connectivity index (χ4n) is 1.37. The highest BCUT2D eigenvalue weighted by Crippen LogP contribution is 2.32. The number of nitrogens with zero attached hydrogens (tertiary/aromatic N) is 2. The van der Waals surface area contributed by atoms with Crippen molar-refractivity contribution in [2.45, 2.75) is 13.0 Å². The highest BCUT2D eigenvalue weighted by molar-refractivity contribution is 5.79. The Bertz CT molecular complexity index is 507. The summed E-state index contributed by atoms with van der Waals surface area (Å²) in [5.74, 6) is -4.03. The molecule has 1 N–H and O–H groups in total. The minimum Gasteiger partial charge on any atom is -0.480 e. The van der Waals surface area contributed by atoms with Crippen LogP contribution in [-0.4, -0.2) is 29.1 Å². The van der Waals surface area contributed by atoms with Crippen LogP contribution in [0.3, 0.4) is 0 Å². The minimum absolute atomic E-state index is 0.621. The number of nitro groups is 1. The molecule has 0 aliphatic heterocycles. The zero-order valence-corrected chi connectivity index (χ0v) is 9.55. The van der Waals surface area contributed by atoms with Crippen molar-refractivity contribution in [3.63, 3.8) is 0 Å². The molecule has 8 heteroatoms. The molecule has 0 heterocycles.